The summed E-state index contributed by atoms with van der Waals surface area (Å²) in [5, 5.41) is 9.25. The van der Waals surface area contributed by atoms with Gasteiger partial charge in [-0.15, -0.1) is 0 Å². The first-order valence-corrected chi connectivity index (χ1v) is 12.1. The number of nitrogens with two attached hydrogens (primary N) is 1. The van der Waals surface area contributed by atoms with Crippen molar-refractivity contribution in [3.05, 3.63) is 81.7 Å². The van der Waals surface area contributed by atoms with Crippen LogP contribution in [-0.4, -0.2) is 24.5 Å². The van der Waals surface area contributed by atoms with Crippen LogP contribution in [0.4, 0.5) is 10.2 Å². The minimum atomic E-state index is -0.499. The number of nitrogens with zero attached hydrogens (tertiary/aromatic N) is 5. The Morgan fingerprint density at radius 3 is 2.82 bits per heavy atom. The third-order valence-electron chi connectivity index (χ3n) is 6.11. The monoisotopic (exact) mass is 524 g/mol. The van der Waals surface area contributed by atoms with E-state index in [0.717, 1.165) is 33.9 Å². The van der Waals surface area contributed by atoms with Gasteiger partial charge in [0.15, 0.2) is 11.6 Å². The number of hydrogen-bond acceptors (Lipinski definition) is 5. The predicted molar refractivity (Wildman–Crippen MR) is 131 cm³/mol. The highest BCUT2D eigenvalue weighted by Gasteiger charge is 2.24. The zero-order valence-corrected chi connectivity index (χ0v) is 20.7. The molecule has 176 valence electrons. The molecule has 0 saturated heterocycles. The number of hydrogen-bond donors (Lipinski definition) is 1. The maximum absolute atomic E-state index is 14.3. The lowest BCUT2D eigenvalue weighted by Crippen LogP contribution is -2.12. The van der Waals surface area contributed by atoms with Gasteiger partial charge >= 0.3 is 0 Å². The Morgan fingerprint density at radius 1 is 1.21 bits per heavy atom. The van der Waals surface area contributed by atoms with Crippen molar-refractivity contribution < 1.29 is 9.13 Å². The molecule has 1 atom stereocenters. The zero-order chi connectivity index (χ0) is 23.8. The minimum absolute atomic E-state index is 0.268. The first kappa shape index (κ1) is 22.6. The second-order valence-electron chi connectivity index (χ2n) is 8.81. The summed E-state index contributed by atoms with van der Waals surface area (Å²) in [7, 11) is 2.00. The second-order valence-corrected chi connectivity index (χ2v) is 9.73. The molecule has 7 nitrogen and oxygen atoms in total. The van der Waals surface area contributed by atoms with Crippen molar-refractivity contribution in [1.29, 1.82) is 0 Å². The van der Waals surface area contributed by atoms with Gasteiger partial charge in [0, 0.05) is 41.6 Å². The number of ether oxygens (including phenoxy) is 1. The Bertz CT molecular complexity index is 1330. The van der Waals surface area contributed by atoms with Crippen LogP contribution >= 0.6 is 15.9 Å². The fraction of sp³-hybridized carbons (Fsp3) is 0.320. The van der Waals surface area contributed by atoms with E-state index >= 15 is 0 Å². The molecule has 5 rings (SSSR count). The lowest BCUT2D eigenvalue weighted by Gasteiger charge is -2.20. The maximum Gasteiger partial charge on any atom is 0.166 e. The van der Waals surface area contributed by atoms with E-state index < -0.39 is 6.10 Å². The van der Waals surface area contributed by atoms with Gasteiger partial charge in [-0.2, -0.15) is 10.2 Å². The molecule has 1 aliphatic carbocycles. The van der Waals surface area contributed by atoms with E-state index in [1.165, 1.54) is 30.7 Å². The Morgan fingerprint density at radius 2 is 2.03 bits per heavy atom. The molecule has 1 aliphatic rings. The van der Waals surface area contributed by atoms with Crippen LogP contribution in [0.3, 0.4) is 0 Å². The SMILES string of the molecule is C[C@@H](Oc1cc(Br)cnc1N)c1cc(F)ccc1-n1nccc1Cc1cc(CC2CC2)n(C)n1. The Kier molecular flexibility index (Phi) is 6.12. The fourth-order valence-corrected chi connectivity index (χ4v) is 4.47. The standard InChI is InChI=1S/C25H26BrFN6O/c1-15(34-24-10-17(26)14-29-25(24)28)22-11-18(27)5-6-23(22)33-20(7-8-30-33)12-19-13-21(32(2)31-19)9-16-3-4-16/h5-8,10-11,13-16H,3-4,9,12H2,1-2H3,(H2,28,29)/t15-/m1/s1. The van der Waals surface area contributed by atoms with E-state index in [9.17, 15) is 4.39 Å². The summed E-state index contributed by atoms with van der Waals surface area (Å²) in [4.78, 5) is 4.11. The number of nitrogen functional groups attached to an aromatic ring is 1. The average molecular weight is 525 g/mol. The van der Waals surface area contributed by atoms with Crippen molar-refractivity contribution in [2.24, 2.45) is 13.0 Å². The summed E-state index contributed by atoms with van der Waals surface area (Å²) in [5.41, 5.74) is 10.6. The molecule has 3 heterocycles. The summed E-state index contributed by atoms with van der Waals surface area (Å²) >= 11 is 3.38. The normalized spacial score (nSPS) is 14.4. The van der Waals surface area contributed by atoms with E-state index in [4.69, 9.17) is 15.6 Å². The topological polar surface area (TPSA) is 83.8 Å². The molecule has 1 saturated carbocycles. The van der Waals surface area contributed by atoms with E-state index in [2.05, 4.69) is 32.1 Å². The summed E-state index contributed by atoms with van der Waals surface area (Å²) < 4.78 is 24.9. The molecule has 34 heavy (non-hydrogen) atoms. The molecule has 2 N–H and O–H groups in total. The maximum atomic E-state index is 14.3. The third-order valence-corrected chi connectivity index (χ3v) is 6.55. The number of rotatable bonds is 8. The summed E-state index contributed by atoms with van der Waals surface area (Å²) in [5.74, 6) is 1.14. The highest BCUT2D eigenvalue weighted by Crippen LogP contribution is 2.33. The molecule has 9 heteroatoms. The van der Waals surface area contributed by atoms with Crippen molar-refractivity contribution in [2.75, 3.05) is 5.73 Å². The van der Waals surface area contributed by atoms with Gasteiger partial charge in [-0.05, 0) is 84.4 Å². The van der Waals surface area contributed by atoms with Crippen molar-refractivity contribution >= 4 is 21.7 Å². The van der Waals surface area contributed by atoms with Gasteiger partial charge in [0.2, 0.25) is 0 Å². The van der Waals surface area contributed by atoms with Crippen LogP contribution in [0.5, 0.6) is 5.75 Å². The quantitative estimate of drug-likeness (QED) is 0.343. The number of benzene rings is 1. The van der Waals surface area contributed by atoms with E-state index in [0.29, 0.717) is 17.7 Å². The third kappa shape index (κ3) is 4.84. The van der Waals surface area contributed by atoms with Gasteiger partial charge in [-0.25, -0.2) is 14.1 Å². The lowest BCUT2D eigenvalue weighted by molar-refractivity contribution is 0.226. The highest BCUT2D eigenvalue weighted by molar-refractivity contribution is 9.10. The number of anilines is 1. The van der Waals surface area contributed by atoms with Crippen LogP contribution in [0.25, 0.3) is 5.69 Å². The van der Waals surface area contributed by atoms with Crippen molar-refractivity contribution in [2.45, 2.75) is 38.7 Å². The number of aromatic nitrogens is 5. The summed E-state index contributed by atoms with van der Waals surface area (Å²) in [6.45, 7) is 1.85. The lowest BCUT2D eigenvalue weighted by atomic mass is 10.1. The zero-order valence-electron chi connectivity index (χ0n) is 19.1. The molecule has 0 spiro atoms. The van der Waals surface area contributed by atoms with Gasteiger partial charge in [-0.3, -0.25) is 4.68 Å². The molecular formula is C25H26BrFN6O. The molecular weight excluding hydrogens is 499 g/mol. The average Bonchev–Trinajstić information content (AvgIpc) is 3.40. The van der Waals surface area contributed by atoms with Gasteiger partial charge in [0.1, 0.15) is 11.9 Å². The van der Waals surface area contributed by atoms with Crippen LogP contribution in [0.15, 0.2) is 53.3 Å². The van der Waals surface area contributed by atoms with Crippen LogP contribution < -0.4 is 10.5 Å². The van der Waals surface area contributed by atoms with Crippen LogP contribution in [0.2, 0.25) is 0 Å². The Labute approximate surface area is 205 Å². The smallest absolute Gasteiger partial charge is 0.166 e. The van der Waals surface area contributed by atoms with E-state index in [1.807, 2.05) is 29.4 Å². The van der Waals surface area contributed by atoms with Gasteiger partial charge in [0.05, 0.1) is 17.1 Å². The van der Waals surface area contributed by atoms with Crippen LogP contribution in [-0.2, 0) is 19.9 Å². The van der Waals surface area contributed by atoms with Crippen molar-refractivity contribution in [3.8, 4) is 11.4 Å². The summed E-state index contributed by atoms with van der Waals surface area (Å²) in [6, 6.07) is 10.5. The molecule has 0 bridgehead atoms. The molecule has 4 aromatic rings. The molecule has 3 aromatic heterocycles. The van der Waals surface area contributed by atoms with Crippen molar-refractivity contribution in [1.82, 2.24) is 24.5 Å². The second kappa shape index (κ2) is 9.21. The summed E-state index contributed by atoms with van der Waals surface area (Å²) in [6.07, 6.45) is 7.16. The predicted octanol–water partition coefficient (Wildman–Crippen LogP) is 5.17. The highest BCUT2D eigenvalue weighted by atomic mass is 79.9. The van der Waals surface area contributed by atoms with Crippen molar-refractivity contribution in [3.63, 3.8) is 0 Å². The van der Waals surface area contributed by atoms with Crippen LogP contribution in [0, 0.1) is 11.7 Å². The Hall–Kier alpha value is -3.20. The fourth-order valence-electron chi connectivity index (χ4n) is 4.16. The molecule has 0 unspecified atom stereocenters. The van der Waals surface area contributed by atoms with Gasteiger partial charge in [0.25, 0.3) is 0 Å². The minimum Gasteiger partial charge on any atom is -0.482 e. The first-order chi connectivity index (χ1) is 16.4. The number of halogens is 2. The molecule has 1 fully saturated rings. The largest absolute Gasteiger partial charge is 0.482 e. The van der Waals surface area contributed by atoms with E-state index in [1.54, 1.807) is 24.5 Å². The molecule has 0 aliphatic heterocycles. The molecule has 0 radical (unpaired) electrons. The Balaban J connectivity index is 1.44. The van der Waals surface area contributed by atoms with Gasteiger partial charge < -0.3 is 10.5 Å². The van der Waals surface area contributed by atoms with Gasteiger partial charge in [-0.1, -0.05) is 0 Å². The number of pyridine rings is 1. The van der Waals surface area contributed by atoms with E-state index in [-0.39, 0.29) is 11.6 Å². The molecule has 0 amide bonds. The molecule has 1 aromatic carbocycles. The first-order valence-electron chi connectivity index (χ1n) is 11.3. The van der Waals surface area contributed by atoms with Crippen LogP contribution in [0.1, 0.15) is 48.5 Å². The number of aryl methyl sites for hydroxylation is 1.